The van der Waals surface area contributed by atoms with Crippen LogP contribution in [-0.2, 0) is 4.79 Å². The molecule has 0 heterocycles. The van der Waals surface area contributed by atoms with Crippen molar-refractivity contribution < 1.29 is 9.90 Å². The molecule has 1 N–H and O–H groups in total. The number of carboxylic acids is 1. The summed E-state index contributed by atoms with van der Waals surface area (Å²) in [6.45, 7) is 1.98. The SMILES string of the molecule is CCCCC(=O)O.[B]B([B])[B]. The summed E-state index contributed by atoms with van der Waals surface area (Å²) in [6, 6.07) is 0. The first-order valence-electron chi connectivity index (χ1n) is 3.49. The van der Waals surface area contributed by atoms with E-state index in [9.17, 15) is 4.79 Å². The van der Waals surface area contributed by atoms with E-state index in [-0.39, 0.29) is 0 Å². The van der Waals surface area contributed by atoms with E-state index in [0.717, 1.165) is 12.8 Å². The highest BCUT2D eigenvalue weighted by Crippen LogP contribution is 1.91. The van der Waals surface area contributed by atoms with Crippen LogP contribution < -0.4 is 0 Å². The van der Waals surface area contributed by atoms with Crippen molar-refractivity contribution in [2.75, 3.05) is 0 Å². The van der Waals surface area contributed by atoms with Gasteiger partial charge in [-0.1, -0.05) is 13.3 Å². The molecule has 0 aromatic rings. The first-order valence-corrected chi connectivity index (χ1v) is 3.49. The van der Waals surface area contributed by atoms with Crippen LogP contribution in [0.15, 0.2) is 0 Å². The Bertz CT molecular complexity index is 93.7. The van der Waals surface area contributed by atoms with Gasteiger partial charge in [0.25, 0.3) is 0 Å². The van der Waals surface area contributed by atoms with E-state index in [2.05, 4.69) is 23.2 Å². The molecular weight excluding hydrogens is 135 g/mol. The number of aliphatic carboxylic acids is 1. The Morgan fingerprint density at radius 1 is 1.45 bits per heavy atom. The lowest BCUT2D eigenvalue weighted by Gasteiger charge is -1.85. The molecule has 0 amide bonds. The van der Waals surface area contributed by atoms with Crippen LogP contribution in [0.1, 0.15) is 26.2 Å². The van der Waals surface area contributed by atoms with Crippen molar-refractivity contribution in [1.82, 2.24) is 0 Å². The summed E-state index contributed by atoms with van der Waals surface area (Å²) in [5.74, 6) is -0.693. The largest absolute Gasteiger partial charge is 0.481 e. The van der Waals surface area contributed by atoms with Gasteiger partial charge in [0, 0.05) is 36.0 Å². The number of carboxylic acid groups (broad SMARTS) is 1. The predicted molar refractivity (Wildman–Crippen MR) is 50.2 cm³/mol. The zero-order valence-electron chi connectivity index (χ0n) is 6.79. The van der Waals surface area contributed by atoms with Crippen molar-refractivity contribution in [2.45, 2.75) is 26.2 Å². The maximum atomic E-state index is 9.76. The van der Waals surface area contributed by atoms with Crippen LogP contribution in [0, 0.1) is 0 Å². The smallest absolute Gasteiger partial charge is 0.303 e. The summed E-state index contributed by atoms with van der Waals surface area (Å²) < 4.78 is 0. The van der Waals surface area contributed by atoms with E-state index in [1.54, 1.807) is 0 Å². The molecular formula is C5H10B4O2. The lowest BCUT2D eigenvalue weighted by molar-refractivity contribution is -0.137. The normalized spacial score (nSPS) is 7.73. The highest BCUT2D eigenvalue weighted by Gasteiger charge is 1.90. The zero-order chi connectivity index (χ0) is 9.28. The maximum Gasteiger partial charge on any atom is 0.303 e. The summed E-state index contributed by atoms with van der Waals surface area (Å²) in [5.41, 5.74) is 0. The van der Waals surface area contributed by atoms with Crippen LogP contribution in [0.4, 0.5) is 0 Å². The van der Waals surface area contributed by atoms with Crippen molar-refractivity contribution in [2.24, 2.45) is 0 Å². The fraction of sp³-hybridized carbons (Fsp3) is 0.800. The van der Waals surface area contributed by atoms with E-state index >= 15 is 0 Å². The molecule has 11 heavy (non-hydrogen) atoms. The van der Waals surface area contributed by atoms with E-state index in [0.29, 0.717) is 6.42 Å². The van der Waals surface area contributed by atoms with Gasteiger partial charge in [-0.25, -0.2) is 0 Å². The number of hydrogen-bond donors (Lipinski definition) is 1. The van der Waals surface area contributed by atoms with Gasteiger partial charge in [-0.15, -0.1) is 0 Å². The summed E-state index contributed by atoms with van der Waals surface area (Å²) >= 11 is 0. The first kappa shape index (κ1) is 13.3. The molecule has 0 atom stereocenters. The molecule has 6 heteroatoms. The number of unbranched alkanes of at least 4 members (excludes halogenated alkanes) is 1. The predicted octanol–water partition coefficient (Wildman–Crippen LogP) is -0.262. The van der Waals surface area contributed by atoms with Crippen LogP contribution in [0.2, 0.25) is 0 Å². The van der Waals surface area contributed by atoms with Crippen molar-refractivity contribution in [1.29, 1.82) is 0 Å². The molecule has 0 aliphatic carbocycles. The molecule has 2 nitrogen and oxygen atoms in total. The Balaban J connectivity index is 0. The van der Waals surface area contributed by atoms with Crippen LogP contribution in [-0.4, -0.2) is 40.7 Å². The molecule has 6 radical (unpaired) electrons. The Labute approximate surface area is 72.4 Å². The molecule has 0 spiro atoms. The molecule has 0 aromatic carbocycles. The quantitative estimate of drug-likeness (QED) is 0.556. The minimum atomic E-state index is -0.693. The molecule has 0 saturated heterocycles. The van der Waals surface area contributed by atoms with Gasteiger partial charge in [0.1, 0.15) is 0 Å². The van der Waals surface area contributed by atoms with Crippen molar-refractivity contribution >= 4 is 35.6 Å². The maximum absolute atomic E-state index is 9.76. The summed E-state index contributed by atoms with van der Waals surface area (Å²) in [4.78, 5) is 9.76. The van der Waals surface area contributed by atoms with Crippen LogP contribution >= 0.6 is 0 Å². The van der Waals surface area contributed by atoms with Crippen LogP contribution in [0.3, 0.4) is 0 Å². The fourth-order valence-electron chi connectivity index (χ4n) is 0.328. The van der Waals surface area contributed by atoms with Crippen molar-refractivity contribution in [3.05, 3.63) is 0 Å². The van der Waals surface area contributed by atoms with E-state index in [4.69, 9.17) is 5.11 Å². The number of hydrogen-bond acceptors (Lipinski definition) is 1. The molecule has 0 aliphatic heterocycles. The summed E-state index contributed by atoms with van der Waals surface area (Å²) in [7, 11) is 14.0. The van der Waals surface area contributed by atoms with Gasteiger partial charge in [0.05, 0.1) is 0 Å². The van der Waals surface area contributed by atoms with E-state index < -0.39 is 12.4 Å². The third-order valence-electron chi connectivity index (χ3n) is 0.744. The van der Waals surface area contributed by atoms with Gasteiger partial charge in [-0.2, -0.15) is 0 Å². The lowest BCUT2D eigenvalue weighted by atomic mass is 9.08. The topological polar surface area (TPSA) is 37.3 Å². The molecule has 54 valence electrons. The summed E-state index contributed by atoms with van der Waals surface area (Å²) in [5, 5.41) is 8.04. The highest BCUT2D eigenvalue weighted by atomic mass is 16.4. The van der Waals surface area contributed by atoms with E-state index in [1.165, 1.54) is 0 Å². The Kier molecular flexibility index (Phi) is 11.8. The second-order valence-corrected chi connectivity index (χ2v) is 2.07. The monoisotopic (exact) mass is 146 g/mol. The van der Waals surface area contributed by atoms with Crippen molar-refractivity contribution in [3.8, 4) is 0 Å². The highest BCUT2D eigenvalue weighted by molar-refractivity contribution is 7.49. The Hall–Kier alpha value is -0.270. The molecule has 0 aromatic heterocycles. The van der Waals surface area contributed by atoms with Crippen molar-refractivity contribution in [3.63, 3.8) is 0 Å². The van der Waals surface area contributed by atoms with Crippen LogP contribution in [0.25, 0.3) is 0 Å². The summed E-state index contributed by atoms with van der Waals surface area (Å²) in [6.07, 6.45) is 1.41. The van der Waals surface area contributed by atoms with Gasteiger partial charge in [0.15, 0.2) is 0 Å². The molecule has 0 fully saturated rings. The lowest BCUT2D eigenvalue weighted by Crippen LogP contribution is -2.11. The Morgan fingerprint density at radius 3 is 1.91 bits per heavy atom. The zero-order valence-corrected chi connectivity index (χ0v) is 6.79. The molecule has 0 unspecified atom stereocenters. The third kappa shape index (κ3) is 41.8. The minimum Gasteiger partial charge on any atom is -0.481 e. The number of carbonyl (C=O) groups is 1. The second kappa shape index (κ2) is 9.73. The minimum absolute atomic E-state index is 0.316. The van der Waals surface area contributed by atoms with Crippen LogP contribution in [0.5, 0.6) is 0 Å². The fourth-order valence-corrected chi connectivity index (χ4v) is 0.328. The molecule has 0 aliphatic rings. The van der Waals surface area contributed by atoms with Gasteiger partial charge in [0.2, 0.25) is 0 Å². The van der Waals surface area contributed by atoms with Gasteiger partial charge in [-0.3, -0.25) is 4.79 Å². The standard InChI is InChI=1S/C5H10O2.B4/c1-2-3-4-5(6)7;1-4(2)3/h2-4H2,1H3,(H,6,7);. The van der Waals surface area contributed by atoms with Gasteiger partial charge in [-0.05, 0) is 6.42 Å². The van der Waals surface area contributed by atoms with Gasteiger partial charge >= 0.3 is 5.97 Å². The van der Waals surface area contributed by atoms with Gasteiger partial charge < -0.3 is 5.11 Å². The second-order valence-electron chi connectivity index (χ2n) is 2.07. The van der Waals surface area contributed by atoms with E-state index in [1.807, 2.05) is 6.92 Å². The average molecular weight is 145 g/mol. The first-order chi connectivity index (χ1) is 5.00. The number of rotatable bonds is 3. The molecule has 0 rings (SSSR count). The Morgan fingerprint density at radius 2 is 1.82 bits per heavy atom. The molecule has 0 bridgehead atoms. The third-order valence-corrected chi connectivity index (χ3v) is 0.744. The average Bonchev–Trinajstić information content (AvgIpc) is 1.82. The molecule has 0 saturated carbocycles.